The zero-order valence-corrected chi connectivity index (χ0v) is 11.6. The first-order valence-electron chi connectivity index (χ1n) is 6.25. The lowest BCUT2D eigenvalue weighted by Gasteiger charge is -2.07. The van der Waals surface area contributed by atoms with Crippen LogP contribution in [0.5, 0.6) is 5.75 Å². The van der Waals surface area contributed by atoms with Crippen molar-refractivity contribution in [2.45, 2.75) is 6.61 Å². The summed E-state index contributed by atoms with van der Waals surface area (Å²) < 4.78 is 20.4. The number of ether oxygens (including phenoxy) is 1. The van der Waals surface area contributed by atoms with E-state index in [1.807, 2.05) is 35.0 Å². The fourth-order valence-electron chi connectivity index (χ4n) is 2.16. The Morgan fingerprint density at radius 3 is 2.90 bits per heavy atom. The van der Waals surface area contributed by atoms with Crippen LogP contribution in [0.2, 0.25) is 5.02 Å². The molecule has 0 aliphatic rings. The Morgan fingerprint density at radius 1 is 1.29 bits per heavy atom. The molecule has 2 aromatic heterocycles. The smallest absolute Gasteiger partial charge is 0.138 e. The van der Waals surface area contributed by atoms with Gasteiger partial charge in [-0.05, 0) is 30.3 Å². The average Bonchev–Trinajstić information content (AvgIpc) is 2.83. The summed E-state index contributed by atoms with van der Waals surface area (Å²) >= 11 is 5.91. The molecule has 3 rings (SSSR count). The van der Waals surface area contributed by atoms with E-state index in [9.17, 15) is 9.65 Å². The minimum Gasteiger partial charge on any atom is -0.487 e. The number of halogens is 2. The van der Waals surface area contributed by atoms with E-state index >= 15 is 0 Å². The molecule has 0 radical (unpaired) electrons. The van der Waals surface area contributed by atoms with Crippen LogP contribution in [0, 0.1) is 17.1 Å². The fraction of sp³-hybridized carbons (Fsp3) is 0.0625. The highest BCUT2D eigenvalue weighted by molar-refractivity contribution is 6.32. The van der Waals surface area contributed by atoms with Gasteiger partial charge in [-0.25, -0.2) is 4.39 Å². The molecule has 0 spiro atoms. The standard InChI is InChI=1S/C16H10ClFN2O/c17-14-7-12(18)4-5-16(14)21-10-11-9-20-6-2-1-3-15(20)13(11)8-19/h1-7,9H,10H2. The maximum Gasteiger partial charge on any atom is 0.138 e. The predicted octanol–water partition coefficient (Wildman–Crippen LogP) is 4.18. The first-order valence-corrected chi connectivity index (χ1v) is 6.63. The summed E-state index contributed by atoms with van der Waals surface area (Å²) in [5.41, 5.74) is 2.14. The molecule has 2 heterocycles. The Labute approximate surface area is 125 Å². The fourth-order valence-corrected chi connectivity index (χ4v) is 2.39. The number of fused-ring (bicyclic) bond motifs is 1. The number of pyridine rings is 1. The molecule has 5 heteroatoms. The summed E-state index contributed by atoms with van der Waals surface area (Å²) in [6, 6.07) is 11.8. The van der Waals surface area contributed by atoms with Gasteiger partial charge in [-0.15, -0.1) is 0 Å². The second kappa shape index (κ2) is 5.47. The van der Waals surface area contributed by atoms with Crippen LogP contribution in [0.15, 0.2) is 48.8 Å². The van der Waals surface area contributed by atoms with E-state index in [1.54, 1.807) is 0 Å². The highest BCUT2D eigenvalue weighted by Gasteiger charge is 2.11. The molecule has 0 unspecified atom stereocenters. The van der Waals surface area contributed by atoms with Gasteiger partial charge in [-0.3, -0.25) is 0 Å². The molecule has 0 amide bonds. The third-order valence-corrected chi connectivity index (χ3v) is 3.45. The molecule has 0 bridgehead atoms. The molecule has 3 nitrogen and oxygen atoms in total. The molecule has 104 valence electrons. The first-order chi connectivity index (χ1) is 10.2. The van der Waals surface area contributed by atoms with Crippen molar-refractivity contribution < 1.29 is 9.13 Å². The third-order valence-electron chi connectivity index (χ3n) is 3.15. The minimum absolute atomic E-state index is 0.190. The van der Waals surface area contributed by atoms with Gasteiger partial charge in [0.2, 0.25) is 0 Å². The van der Waals surface area contributed by atoms with Crippen molar-refractivity contribution in [1.82, 2.24) is 4.40 Å². The van der Waals surface area contributed by atoms with Crippen molar-refractivity contribution in [2.24, 2.45) is 0 Å². The summed E-state index contributed by atoms with van der Waals surface area (Å²) in [7, 11) is 0. The van der Waals surface area contributed by atoms with Gasteiger partial charge in [-0.2, -0.15) is 5.26 Å². The Bertz CT molecular complexity index is 851. The number of benzene rings is 1. The van der Waals surface area contributed by atoms with E-state index < -0.39 is 5.82 Å². The van der Waals surface area contributed by atoms with E-state index in [0.717, 1.165) is 11.1 Å². The zero-order valence-electron chi connectivity index (χ0n) is 10.9. The molecule has 0 aliphatic heterocycles. The van der Waals surface area contributed by atoms with Gasteiger partial charge in [0.1, 0.15) is 24.2 Å². The number of hydrogen-bond donors (Lipinski definition) is 0. The lowest BCUT2D eigenvalue weighted by atomic mass is 10.2. The van der Waals surface area contributed by atoms with Gasteiger partial charge < -0.3 is 9.14 Å². The Kier molecular flexibility index (Phi) is 3.51. The van der Waals surface area contributed by atoms with Crippen LogP contribution in [0.25, 0.3) is 5.52 Å². The zero-order chi connectivity index (χ0) is 14.8. The topological polar surface area (TPSA) is 37.4 Å². The lowest BCUT2D eigenvalue weighted by Crippen LogP contribution is -1.96. The highest BCUT2D eigenvalue weighted by atomic mass is 35.5. The van der Waals surface area contributed by atoms with E-state index in [4.69, 9.17) is 16.3 Å². The summed E-state index contributed by atoms with van der Waals surface area (Å²) in [5.74, 6) is -0.0307. The summed E-state index contributed by atoms with van der Waals surface area (Å²) in [4.78, 5) is 0. The SMILES string of the molecule is N#Cc1c(COc2ccc(F)cc2Cl)cn2ccccc12. The van der Waals surface area contributed by atoms with Crippen molar-refractivity contribution >= 4 is 17.1 Å². The Morgan fingerprint density at radius 2 is 2.14 bits per heavy atom. The second-order valence-corrected chi connectivity index (χ2v) is 4.90. The van der Waals surface area contributed by atoms with Gasteiger partial charge in [0.15, 0.2) is 0 Å². The van der Waals surface area contributed by atoms with Crippen LogP contribution in [0.1, 0.15) is 11.1 Å². The van der Waals surface area contributed by atoms with Crippen LogP contribution in [0.3, 0.4) is 0 Å². The number of rotatable bonds is 3. The molecule has 0 N–H and O–H groups in total. The maximum absolute atomic E-state index is 13.0. The second-order valence-electron chi connectivity index (χ2n) is 4.50. The molecule has 1 aromatic carbocycles. The monoisotopic (exact) mass is 300 g/mol. The number of nitrogens with zero attached hydrogens (tertiary/aromatic N) is 2. The summed E-state index contributed by atoms with van der Waals surface area (Å²) in [6.07, 6.45) is 3.70. The van der Waals surface area contributed by atoms with Gasteiger partial charge in [0.05, 0.1) is 16.1 Å². The molecule has 0 atom stereocenters. The number of hydrogen-bond acceptors (Lipinski definition) is 2. The van der Waals surface area contributed by atoms with Crippen LogP contribution in [0.4, 0.5) is 4.39 Å². The molecule has 0 saturated heterocycles. The molecule has 21 heavy (non-hydrogen) atoms. The lowest BCUT2D eigenvalue weighted by molar-refractivity contribution is 0.306. The number of nitriles is 1. The van der Waals surface area contributed by atoms with E-state index in [0.29, 0.717) is 11.3 Å². The van der Waals surface area contributed by atoms with E-state index in [2.05, 4.69) is 6.07 Å². The maximum atomic E-state index is 13.0. The molecular weight excluding hydrogens is 291 g/mol. The predicted molar refractivity (Wildman–Crippen MR) is 77.9 cm³/mol. The molecular formula is C16H10ClFN2O. The Balaban J connectivity index is 1.90. The van der Waals surface area contributed by atoms with Crippen molar-refractivity contribution in [3.63, 3.8) is 0 Å². The first kappa shape index (κ1) is 13.5. The largest absolute Gasteiger partial charge is 0.487 e. The minimum atomic E-state index is -0.417. The van der Waals surface area contributed by atoms with Crippen LogP contribution >= 0.6 is 11.6 Å². The van der Waals surface area contributed by atoms with Gasteiger partial charge in [-0.1, -0.05) is 17.7 Å². The van der Waals surface area contributed by atoms with Crippen LogP contribution < -0.4 is 4.74 Å². The highest BCUT2D eigenvalue weighted by Crippen LogP contribution is 2.27. The van der Waals surface area contributed by atoms with Gasteiger partial charge in [0.25, 0.3) is 0 Å². The van der Waals surface area contributed by atoms with Crippen molar-refractivity contribution in [3.05, 3.63) is 70.8 Å². The Hall–Kier alpha value is -2.51. The van der Waals surface area contributed by atoms with Crippen molar-refractivity contribution in [3.8, 4) is 11.8 Å². The van der Waals surface area contributed by atoms with Crippen molar-refractivity contribution in [2.75, 3.05) is 0 Å². The van der Waals surface area contributed by atoms with Gasteiger partial charge in [0, 0.05) is 18.0 Å². The quantitative estimate of drug-likeness (QED) is 0.727. The number of aromatic nitrogens is 1. The van der Waals surface area contributed by atoms with Crippen LogP contribution in [-0.4, -0.2) is 4.40 Å². The molecule has 0 fully saturated rings. The van der Waals surface area contributed by atoms with Gasteiger partial charge >= 0.3 is 0 Å². The van der Waals surface area contributed by atoms with E-state index in [-0.39, 0.29) is 11.6 Å². The molecule has 3 aromatic rings. The molecule has 0 saturated carbocycles. The van der Waals surface area contributed by atoms with E-state index in [1.165, 1.54) is 18.2 Å². The van der Waals surface area contributed by atoms with Crippen molar-refractivity contribution in [1.29, 1.82) is 5.26 Å². The van der Waals surface area contributed by atoms with Crippen LogP contribution in [-0.2, 0) is 6.61 Å². The summed E-state index contributed by atoms with van der Waals surface area (Å²) in [5, 5.41) is 9.50. The normalized spacial score (nSPS) is 10.5. The molecule has 0 aliphatic carbocycles. The summed E-state index contributed by atoms with van der Waals surface area (Å²) in [6.45, 7) is 0.190. The third kappa shape index (κ3) is 2.56. The average molecular weight is 301 g/mol.